The molecule has 0 spiro atoms. The monoisotopic (exact) mass is 150 g/mol. The van der Waals surface area contributed by atoms with Crippen LogP contribution in [-0.2, 0) is 0 Å². The van der Waals surface area contributed by atoms with Gasteiger partial charge in [-0.25, -0.2) is 0 Å². The molecule has 10 heavy (non-hydrogen) atoms. The molecular formula is C6H14O4. The van der Waals surface area contributed by atoms with Gasteiger partial charge in [-0.05, 0) is 13.0 Å². The summed E-state index contributed by atoms with van der Waals surface area (Å²) >= 11 is 0. The first-order chi connectivity index (χ1) is 4.54. The van der Waals surface area contributed by atoms with E-state index < -0.39 is 12.4 Å². The highest BCUT2D eigenvalue weighted by atomic mass is 16.5. The molecule has 4 heteroatoms. The van der Waals surface area contributed by atoms with E-state index in [0.717, 1.165) is 6.08 Å². The molecule has 0 saturated heterocycles. The van der Waals surface area contributed by atoms with Gasteiger partial charge < -0.3 is 20.4 Å². The fraction of sp³-hybridized carbons (Fsp3) is 0.667. The number of aliphatic hydroxyl groups excluding tert-OH is 3. The van der Waals surface area contributed by atoms with Crippen LogP contribution >= 0.6 is 0 Å². The maximum absolute atomic E-state index is 8.11. The molecule has 0 bridgehead atoms. The third-order valence-electron chi connectivity index (χ3n) is 0.475. The summed E-state index contributed by atoms with van der Waals surface area (Å²) in [6.07, 6.45) is -0.884. The minimum Gasteiger partial charge on any atom is -0.394 e. The molecule has 0 aromatic rings. The molecule has 4 N–H and O–H groups in total. The van der Waals surface area contributed by atoms with Crippen LogP contribution in [0.5, 0.6) is 0 Å². The Balaban J connectivity index is 0. The van der Waals surface area contributed by atoms with Crippen LogP contribution in [0.2, 0.25) is 0 Å². The van der Waals surface area contributed by atoms with Gasteiger partial charge in [-0.3, -0.25) is 0 Å². The molecule has 62 valence electrons. The average Bonchev–Trinajstić information content (AvgIpc) is 1.89. The number of hydrogen-bond acceptors (Lipinski definition) is 4. The lowest BCUT2D eigenvalue weighted by Gasteiger charge is -1.90. The minimum absolute atomic E-state index is 0.139. The Morgan fingerprint density at radius 2 is 1.60 bits per heavy atom. The molecule has 1 atom stereocenters. The predicted molar refractivity (Wildman–Crippen MR) is 37.2 cm³/mol. The smallest absolute Gasteiger partial charge is 0.170 e. The zero-order valence-electron chi connectivity index (χ0n) is 5.94. The Kier molecular flexibility index (Phi) is 10.5. The maximum Gasteiger partial charge on any atom is 0.170 e. The summed E-state index contributed by atoms with van der Waals surface area (Å²) in [6, 6.07) is 0. The highest BCUT2D eigenvalue weighted by molar-refractivity contribution is 4.66. The summed E-state index contributed by atoms with van der Waals surface area (Å²) in [5.74, 6) is 0. The van der Waals surface area contributed by atoms with Crippen LogP contribution < -0.4 is 0 Å². The van der Waals surface area contributed by atoms with Crippen LogP contribution in [0, 0.1) is 0 Å². The third-order valence-corrected chi connectivity index (χ3v) is 0.475. The Hall–Kier alpha value is -0.420. The van der Waals surface area contributed by atoms with Crippen LogP contribution in [0.3, 0.4) is 0 Å². The fourth-order valence-corrected chi connectivity index (χ4v) is 0. The second kappa shape index (κ2) is 8.58. The van der Waals surface area contributed by atoms with E-state index in [-0.39, 0.29) is 6.61 Å². The van der Waals surface area contributed by atoms with Gasteiger partial charge in [0.05, 0.1) is 12.7 Å². The van der Waals surface area contributed by atoms with Crippen molar-refractivity contribution in [2.24, 2.45) is 0 Å². The average molecular weight is 150 g/mol. The van der Waals surface area contributed by atoms with Crippen LogP contribution in [-0.4, -0.2) is 39.4 Å². The summed E-state index contributed by atoms with van der Waals surface area (Å²) in [5, 5.41) is 31.6. The van der Waals surface area contributed by atoms with E-state index in [1.54, 1.807) is 0 Å². The molecule has 1 unspecified atom stereocenters. The Morgan fingerprint density at radius 1 is 1.40 bits per heavy atom. The van der Waals surface area contributed by atoms with E-state index in [9.17, 15) is 0 Å². The summed E-state index contributed by atoms with van der Waals surface area (Å²) < 4.78 is 0. The van der Waals surface area contributed by atoms with Gasteiger partial charge in [0.2, 0.25) is 0 Å². The lowest BCUT2D eigenvalue weighted by molar-refractivity contribution is 0.00266. The minimum atomic E-state index is -1.35. The van der Waals surface area contributed by atoms with Crippen molar-refractivity contribution in [3.8, 4) is 0 Å². The van der Waals surface area contributed by atoms with Gasteiger partial charge in [0.1, 0.15) is 0 Å². The lowest BCUT2D eigenvalue weighted by atomic mass is 10.5. The Bertz CT molecular complexity index is 70.1. The van der Waals surface area contributed by atoms with Crippen molar-refractivity contribution < 1.29 is 20.4 Å². The van der Waals surface area contributed by atoms with E-state index in [1.807, 2.05) is 0 Å². The molecule has 0 radical (unpaired) electrons. The van der Waals surface area contributed by atoms with E-state index in [1.165, 1.54) is 6.92 Å². The summed E-state index contributed by atoms with van der Waals surface area (Å²) in [4.78, 5) is 0. The second-order valence-electron chi connectivity index (χ2n) is 1.68. The van der Waals surface area contributed by atoms with E-state index in [4.69, 9.17) is 20.4 Å². The first-order valence-corrected chi connectivity index (χ1v) is 2.82. The molecule has 0 aromatic heterocycles. The molecule has 0 saturated carbocycles. The molecule has 0 rings (SSSR count). The first kappa shape index (κ1) is 12.3. The quantitative estimate of drug-likeness (QED) is 0.296. The van der Waals surface area contributed by atoms with Gasteiger partial charge in [-0.1, -0.05) is 6.58 Å². The molecule has 0 fully saturated rings. The summed E-state index contributed by atoms with van der Waals surface area (Å²) in [6.45, 7) is 4.45. The number of hydrogen-bond donors (Lipinski definition) is 4. The summed E-state index contributed by atoms with van der Waals surface area (Å²) in [5.41, 5.74) is 0. The summed E-state index contributed by atoms with van der Waals surface area (Å²) in [7, 11) is 0. The Labute approximate surface area is 60.1 Å². The van der Waals surface area contributed by atoms with Gasteiger partial charge in [-0.2, -0.15) is 0 Å². The van der Waals surface area contributed by atoms with E-state index >= 15 is 0 Å². The normalized spacial score (nSPS) is 11.8. The zero-order chi connectivity index (χ0) is 8.57. The molecule has 0 aliphatic rings. The highest BCUT2D eigenvalue weighted by Crippen LogP contribution is 1.68. The van der Waals surface area contributed by atoms with Crippen molar-refractivity contribution >= 4 is 0 Å². The van der Waals surface area contributed by atoms with Crippen molar-refractivity contribution in [3.63, 3.8) is 0 Å². The van der Waals surface area contributed by atoms with Crippen LogP contribution in [0.1, 0.15) is 6.92 Å². The predicted octanol–water partition coefficient (Wildman–Crippen LogP) is -1.16. The maximum atomic E-state index is 8.11. The van der Waals surface area contributed by atoms with Gasteiger partial charge in [-0.15, -0.1) is 0 Å². The van der Waals surface area contributed by atoms with Gasteiger partial charge >= 0.3 is 0 Å². The molecule has 0 aliphatic carbocycles. The van der Waals surface area contributed by atoms with Gasteiger partial charge in [0, 0.05) is 0 Å². The van der Waals surface area contributed by atoms with Crippen molar-refractivity contribution in [1.29, 1.82) is 0 Å². The SMILES string of the molecule is C=CC(O)O.CC(O)CO. The first-order valence-electron chi connectivity index (χ1n) is 2.82. The van der Waals surface area contributed by atoms with Crippen LogP contribution in [0.4, 0.5) is 0 Å². The number of rotatable bonds is 2. The van der Waals surface area contributed by atoms with Crippen molar-refractivity contribution in [1.82, 2.24) is 0 Å². The molecular weight excluding hydrogens is 136 g/mol. The highest BCUT2D eigenvalue weighted by Gasteiger charge is 1.83. The van der Waals surface area contributed by atoms with E-state index in [0.29, 0.717) is 0 Å². The van der Waals surface area contributed by atoms with Crippen molar-refractivity contribution in [3.05, 3.63) is 12.7 Å². The second-order valence-corrected chi connectivity index (χ2v) is 1.68. The standard InChI is InChI=1S/C3H8O2.C3H6O2/c1-3(5)2-4;1-2-3(4)5/h3-5H,2H2,1H3;2-5H,1H2. The Morgan fingerprint density at radius 3 is 1.60 bits per heavy atom. The van der Waals surface area contributed by atoms with Crippen LogP contribution in [0.15, 0.2) is 12.7 Å². The van der Waals surface area contributed by atoms with Crippen molar-refractivity contribution in [2.45, 2.75) is 19.3 Å². The van der Waals surface area contributed by atoms with E-state index in [2.05, 4.69) is 6.58 Å². The van der Waals surface area contributed by atoms with Gasteiger partial charge in [0.25, 0.3) is 0 Å². The topological polar surface area (TPSA) is 80.9 Å². The third kappa shape index (κ3) is 25.6. The van der Waals surface area contributed by atoms with Gasteiger partial charge in [0.15, 0.2) is 6.29 Å². The molecule has 4 nitrogen and oxygen atoms in total. The number of aliphatic hydroxyl groups is 4. The zero-order valence-corrected chi connectivity index (χ0v) is 5.94. The van der Waals surface area contributed by atoms with Crippen LogP contribution in [0.25, 0.3) is 0 Å². The fourth-order valence-electron chi connectivity index (χ4n) is 0. The lowest BCUT2D eigenvalue weighted by Crippen LogP contribution is -2.03. The van der Waals surface area contributed by atoms with Crippen molar-refractivity contribution in [2.75, 3.05) is 6.61 Å². The molecule has 0 aromatic carbocycles. The molecule has 0 aliphatic heterocycles. The molecule has 0 heterocycles. The largest absolute Gasteiger partial charge is 0.394 e. The molecule has 0 amide bonds.